The summed E-state index contributed by atoms with van der Waals surface area (Å²) in [4.78, 5) is 51.3. The maximum absolute atomic E-state index is 14.7. The van der Waals surface area contributed by atoms with E-state index in [4.69, 9.17) is 7.85 Å². The molecule has 0 saturated heterocycles. The zero-order valence-electron chi connectivity index (χ0n) is 26.7. The number of hydrogen-bond acceptors (Lipinski definition) is 4. The highest BCUT2D eigenvalue weighted by atomic mass is 16.2. The second-order valence-corrected chi connectivity index (χ2v) is 12.4. The molecule has 0 N–H and O–H groups in total. The molecule has 8 heteroatoms. The topological polar surface area (TPSA) is 64.2 Å². The first-order valence-corrected chi connectivity index (χ1v) is 16.0. The molecule has 232 valence electrons. The molecule has 0 atom stereocenters. The summed E-state index contributed by atoms with van der Waals surface area (Å²) in [7, 11) is 6.38. The lowest BCUT2D eigenvalue weighted by Gasteiger charge is -2.50. The van der Waals surface area contributed by atoms with Crippen molar-refractivity contribution < 1.29 is 14.4 Å². The molecule has 3 amide bonds. The van der Waals surface area contributed by atoms with Gasteiger partial charge in [-0.3, -0.25) is 34.0 Å². The number of hydrogen-bond donors (Lipinski definition) is 0. The van der Waals surface area contributed by atoms with Crippen LogP contribution in [0.1, 0.15) is 42.2 Å². The molecule has 6 aromatic rings. The molecular formula is C41H27BN4O3. The molecule has 0 fully saturated rings. The smallest absolute Gasteiger partial charge is 0.263 e. The predicted molar refractivity (Wildman–Crippen MR) is 195 cm³/mol. The fourth-order valence-electron chi connectivity index (χ4n) is 7.39. The third-order valence-electron chi connectivity index (χ3n) is 9.65. The monoisotopic (exact) mass is 634 g/mol. The van der Waals surface area contributed by atoms with Gasteiger partial charge < -0.3 is 0 Å². The molecule has 6 aromatic carbocycles. The average Bonchev–Trinajstić information content (AvgIpc) is 3.12. The maximum atomic E-state index is 14.7. The van der Waals surface area contributed by atoms with Crippen molar-refractivity contribution in [3.05, 3.63) is 155 Å². The van der Waals surface area contributed by atoms with Gasteiger partial charge in [-0.05, 0) is 73.5 Å². The van der Waals surface area contributed by atoms with E-state index < -0.39 is 0 Å². The Balaban J connectivity index is 1.38. The molecule has 0 saturated carbocycles. The van der Waals surface area contributed by atoms with Gasteiger partial charge in [-0.1, -0.05) is 84.3 Å². The van der Waals surface area contributed by atoms with E-state index in [9.17, 15) is 14.4 Å². The molecule has 3 aliphatic heterocycles. The van der Waals surface area contributed by atoms with Crippen LogP contribution in [0.3, 0.4) is 0 Å². The van der Waals surface area contributed by atoms with E-state index in [-0.39, 0.29) is 17.7 Å². The van der Waals surface area contributed by atoms with Gasteiger partial charge >= 0.3 is 0 Å². The van der Waals surface area contributed by atoms with Crippen LogP contribution in [-0.4, -0.2) is 25.6 Å². The van der Waals surface area contributed by atoms with Crippen molar-refractivity contribution in [3.8, 4) is 0 Å². The highest BCUT2D eigenvalue weighted by molar-refractivity contribution is 6.38. The van der Waals surface area contributed by atoms with Crippen LogP contribution in [0, 0.1) is 13.8 Å². The quantitative estimate of drug-likeness (QED) is 0.183. The highest BCUT2D eigenvalue weighted by Gasteiger charge is 2.48. The number of benzene rings is 6. The summed E-state index contributed by atoms with van der Waals surface area (Å²) >= 11 is 0. The third-order valence-corrected chi connectivity index (χ3v) is 9.65. The molecule has 0 spiro atoms. The first-order valence-electron chi connectivity index (χ1n) is 16.0. The lowest BCUT2D eigenvalue weighted by Crippen LogP contribution is -2.42. The Hall–Kier alpha value is -6.41. The Bertz CT molecular complexity index is 2100. The first kappa shape index (κ1) is 28.8. The summed E-state index contributed by atoms with van der Waals surface area (Å²) < 4.78 is 0. The molecule has 49 heavy (non-hydrogen) atoms. The minimum absolute atomic E-state index is 0.217. The highest BCUT2D eigenvalue weighted by Crippen LogP contribution is 2.67. The number of carbonyl (C=O) groups excluding carboxylic acids is 3. The molecule has 3 aliphatic rings. The second-order valence-electron chi connectivity index (χ2n) is 12.4. The maximum Gasteiger partial charge on any atom is 0.263 e. The van der Waals surface area contributed by atoms with Crippen molar-refractivity contribution in [3.63, 3.8) is 0 Å². The van der Waals surface area contributed by atoms with Crippen molar-refractivity contribution in [1.82, 2.24) is 0 Å². The van der Waals surface area contributed by atoms with Crippen LogP contribution < -0.4 is 25.1 Å². The van der Waals surface area contributed by atoms with Gasteiger partial charge in [-0.15, -0.1) is 0 Å². The van der Waals surface area contributed by atoms with Gasteiger partial charge in [0.05, 0.1) is 51.2 Å². The Kier molecular flexibility index (Phi) is 6.20. The third kappa shape index (κ3) is 3.94. The number of amides is 3. The molecule has 0 unspecified atom stereocenters. The summed E-state index contributed by atoms with van der Waals surface area (Å²) in [5, 5.41) is 0. The van der Waals surface area contributed by atoms with Crippen LogP contribution >= 0.6 is 0 Å². The lowest BCUT2D eigenvalue weighted by atomic mass is 9.89. The van der Waals surface area contributed by atoms with Crippen molar-refractivity contribution in [1.29, 1.82) is 0 Å². The molecule has 2 radical (unpaired) electrons. The summed E-state index contributed by atoms with van der Waals surface area (Å²) in [6.07, 6.45) is 0. The molecule has 0 aromatic heterocycles. The standard InChI is InChI=1S/C41H27BN4O3/c1-24-12-3-5-14-26(24)39(47)43-30-18-9-19-31-36(30)46-37-32(43)20-10-22-34(37)45(41(49)28-16-7-8-17-29(28)42)35-23-11-21-33(38(35)46)44(31)40(48)27-15-6-4-13-25(27)2/h3-23H,1-2H3. The van der Waals surface area contributed by atoms with Crippen molar-refractivity contribution in [2.24, 2.45) is 0 Å². The van der Waals surface area contributed by atoms with E-state index in [1.54, 1.807) is 39.0 Å². The summed E-state index contributed by atoms with van der Waals surface area (Å²) in [5.41, 5.74) is 9.17. The van der Waals surface area contributed by atoms with Gasteiger partial charge in [0, 0.05) is 16.7 Å². The van der Waals surface area contributed by atoms with Crippen LogP contribution in [0.25, 0.3) is 0 Å². The van der Waals surface area contributed by atoms with Crippen LogP contribution in [0.15, 0.2) is 127 Å². The van der Waals surface area contributed by atoms with Gasteiger partial charge in [0.25, 0.3) is 17.7 Å². The number of aryl methyl sites for hydroxylation is 2. The first-order chi connectivity index (χ1) is 23.9. The molecule has 0 aliphatic carbocycles. The van der Waals surface area contributed by atoms with Gasteiger partial charge in [-0.25, -0.2) is 0 Å². The molecule has 7 nitrogen and oxygen atoms in total. The number of para-hydroxylation sites is 3. The van der Waals surface area contributed by atoms with Gasteiger partial charge in [0.1, 0.15) is 7.85 Å². The van der Waals surface area contributed by atoms with E-state index in [0.717, 1.165) is 11.1 Å². The lowest BCUT2D eigenvalue weighted by molar-refractivity contribution is 0.0992. The van der Waals surface area contributed by atoms with E-state index in [1.165, 1.54) is 0 Å². The average molecular weight is 635 g/mol. The summed E-state index contributed by atoms with van der Waals surface area (Å²) in [6.45, 7) is 3.83. The number of carbonyl (C=O) groups is 3. The number of nitrogens with zero attached hydrogens (tertiary/aromatic N) is 4. The van der Waals surface area contributed by atoms with Crippen molar-refractivity contribution >= 4 is 82.2 Å². The van der Waals surface area contributed by atoms with E-state index >= 15 is 0 Å². The zero-order chi connectivity index (χ0) is 33.6. The van der Waals surface area contributed by atoms with Gasteiger partial charge in [0.15, 0.2) is 0 Å². The van der Waals surface area contributed by atoms with Crippen LogP contribution in [0.2, 0.25) is 0 Å². The normalized spacial score (nSPS) is 13.3. The number of rotatable bonds is 3. The Morgan fingerprint density at radius 3 is 1.06 bits per heavy atom. The molecule has 9 rings (SSSR count). The van der Waals surface area contributed by atoms with E-state index in [0.29, 0.717) is 73.3 Å². The predicted octanol–water partition coefficient (Wildman–Crippen LogP) is 8.44. The Labute approximate surface area is 284 Å². The Morgan fingerprint density at radius 1 is 0.408 bits per heavy atom. The number of anilines is 9. The fraction of sp³-hybridized carbons (Fsp3) is 0.0488. The van der Waals surface area contributed by atoms with Gasteiger partial charge in [-0.2, -0.15) is 0 Å². The van der Waals surface area contributed by atoms with E-state index in [1.807, 2.05) is 117 Å². The Morgan fingerprint density at radius 2 is 0.714 bits per heavy atom. The fourth-order valence-corrected chi connectivity index (χ4v) is 7.39. The minimum Gasteiger partial charge on any atom is -0.299 e. The molecule has 3 heterocycles. The van der Waals surface area contributed by atoms with Crippen LogP contribution in [0.5, 0.6) is 0 Å². The molecular weight excluding hydrogens is 607 g/mol. The zero-order valence-corrected chi connectivity index (χ0v) is 26.7. The largest absolute Gasteiger partial charge is 0.299 e. The van der Waals surface area contributed by atoms with E-state index in [2.05, 4.69) is 4.90 Å². The van der Waals surface area contributed by atoms with Gasteiger partial charge in [0.2, 0.25) is 0 Å². The van der Waals surface area contributed by atoms with Crippen LogP contribution in [0.4, 0.5) is 51.2 Å². The minimum atomic E-state index is -0.322. The van der Waals surface area contributed by atoms with Crippen LogP contribution in [-0.2, 0) is 0 Å². The van der Waals surface area contributed by atoms with Crippen molar-refractivity contribution in [2.45, 2.75) is 13.8 Å². The van der Waals surface area contributed by atoms with Crippen molar-refractivity contribution in [2.75, 3.05) is 19.6 Å². The second kappa shape index (κ2) is 10.6. The SMILES string of the molecule is [B]c1ccccc1C(=O)N1c2cccc3c2N2c4c1cccc4N(C(=O)c1ccccc1C)c1cccc(c12)N3C(=O)c1ccccc1C. The molecule has 0 bridgehead atoms. The summed E-state index contributed by atoms with van der Waals surface area (Å²) in [5.74, 6) is -0.755. The summed E-state index contributed by atoms with van der Waals surface area (Å²) in [6, 6.07) is 39.0.